The second-order valence-electron chi connectivity index (χ2n) is 4.52. The molecule has 0 saturated heterocycles. The van der Waals surface area contributed by atoms with Crippen LogP contribution in [0.15, 0.2) is 36.4 Å². The molecule has 0 heterocycles. The van der Waals surface area contributed by atoms with Crippen molar-refractivity contribution >= 4 is 17.6 Å². The number of nitrogens with one attached hydrogen (secondary N) is 1. The molecule has 1 aromatic rings. The summed E-state index contributed by atoms with van der Waals surface area (Å²) < 4.78 is 9.76. The normalized spacial score (nSPS) is 14.1. The van der Waals surface area contributed by atoms with Gasteiger partial charge in [-0.2, -0.15) is 0 Å². The average Bonchev–Trinajstić information content (AvgIpc) is 2.99. The Morgan fingerprint density at radius 1 is 1.30 bits per heavy atom. The molecule has 0 radical (unpaired) electrons. The summed E-state index contributed by atoms with van der Waals surface area (Å²) in [6.45, 7) is -0.152. The zero-order valence-corrected chi connectivity index (χ0v) is 11.3. The van der Waals surface area contributed by atoms with Crippen molar-refractivity contribution in [2.45, 2.75) is 12.8 Å². The Morgan fingerprint density at radius 3 is 2.75 bits per heavy atom. The zero-order chi connectivity index (χ0) is 14.4. The van der Waals surface area contributed by atoms with E-state index in [1.165, 1.54) is 7.11 Å². The molecule has 1 N–H and O–H groups in total. The average molecular weight is 275 g/mol. The van der Waals surface area contributed by atoms with Crippen molar-refractivity contribution in [3.05, 3.63) is 36.4 Å². The summed E-state index contributed by atoms with van der Waals surface area (Å²) in [5, 5.41) is 2.85. The van der Waals surface area contributed by atoms with Gasteiger partial charge in [-0.05, 0) is 25.0 Å². The van der Waals surface area contributed by atoms with Crippen LogP contribution >= 0.6 is 0 Å². The van der Waals surface area contributed by atoms with E-state index in [1.54, 1.807) is 24.3 Å². The van der Waals surface area contributed by atoms with Crippen molar-refractivity contribution in [1.82, 2.24) is 0 Å². The van der Waals surface area contributed by atoms with E-state index in [-0.39, 0.29) is 18.4 Å². The molecule has 1 aliphatic rings. The number of esters is 1. The van der Waals surface area contributed by atoms with Gasteiger partial charge in [-0.3, -0.25) is 4.79 Å². The summed E-state index contributed by atoms with van der Waals surface area (Å²) in [5.74, 6) is 0.0731. The Balaban J connectivity index is 1.91. The maximum Gasteiger partial charge on any atom is 0.343 e. The van der Waals surface area contributed by atoms with Crippen LogP contribution < -0.4 is 10.1 Å². The summed E-state index contributed by atoms with van der Waals surface area (Å²) in [5.41, 5.74) is 0.657. The molecule has 5 nitrogen and oxygen atoms in total. The molecular weight excluding hydrogens is 258 g/mol. The molecule has 1 aromatic carbocycles. The number of hydrogen-bond donors (Lipinski definition) is 1. The number of amides is 1. The molecule has 0 saturated carbocycles. The molecule has 2 rings (SSSR count). The number of anilines is 1. The van der Waals surface area contributed by atoms with Crippen LogP contribution in [-0.2, 0) is 14.3 Å². The number of carbonyl (C=O) groups is 2. The summed E-state index contributed by atoms with van der Waals surface area (Å²) in [6.07, 6.45) is 5.59. The van der Waals surface area contributed by atoms with E-state index < -0.39 is 5.97 Å². The lowest BCUT2D eigenvalue weighted by Crippen LogP contribution is -2.20. The molecule has 0 fully saturated rings. The van der Waals surface area contributed by atoms with Crippen molar-refractivity contribution in [3.8, 4) is 5.75 Å². The Labute approximate surface area is 117 Å². The zero-order valence-electron chi connectivity index (χ0n) is 11.3. The Kier molecular flexibility index (Phi) is 4.76. The molecule has 0 spiro atoms. The standard InChI is InChI=1S/C15H17NO4/c1-19-14(17)10-20-13-8-4-7-12(9-13)16-15(18)11-5-2-3-6-11/h2-4,7-9,11H,5-6,10H2,1H3,(H,16,18). The fourth-order valence-corrected chi connectivity index (χ4v) is 1.94. The highest BCUT2D eigenvalue weighted by atomic mass is 16.6. The first-order valence-corrected chi connectivity index (χ1v) is 6.44. The highest BCUT2D eigenvalue weighted by Crippen LogP contribution is 2.22. The predicted octanol–water partition coefficient (Wildman–Crippen LogP) is 2.14. The molecule has 106 valence electrons. The van der Waals surface area contributed by atoms with E-state index in [0.717, 1.165) is 12.8 Å². The van der Waals surface area contributed by atoms with Crippen LogP contribution in [0.5, 0.6) is 5.75 Å². The van der Waals surface area contributed by atoms with E-state index in [4.69, 9.17) is 4.74 Å². The van der Waals surface area contributed by atoms with Gasteiger partial charge in [0, 0.05) is 17.7 Å². The predicted molar refractivity (Wildman–Crippen MR) is 74.4 cm³/mol. The van der Waals surface area contributed by atoms with Gasteiger partial charge in [-0.1, -0.05) is 18.2 Å². The van der Waals surface area contributed by atoms with Gasteiger partial charge in [-0.25, -0.2) is 4.79 Å². The molecule has 0 unspecified atom stereocenters. The van der Waals surface area contributed by atoms with Crippen LogP contribution in [0.25, 0.3) is 0 Å². The number of hydrogen-bond acceptors (Lipinski definition) is 4. The van der Waals surface area contributed by atoms with Crippen molar-refractivity contribution in [3.63, 3.8) is 0 Å². The van der Waals surface area contributed by atoms with Gasteiger partial charge in [0.05, 0.1) is 7.11 Å². The monoisotopic (exact) mass is 275 g/mol. The van der Waals surface area contributed by atoms with Crippen LogP contribution in [0, 0.1) is 5.92 Å². The molecule has 5 heteroatoms. The lowest BCUT2D eigenvalue weighted by molar-refractivity contribution is -0.142. The third-order valence-corrected chi connectivity index (χ3v) is 3.06. The van der Waals surface area contributed by atoms with E-state index in [2.05, 4.69) is 10.1 Å². The number of carbonyl (C=O) groups excluding carboxylic acids is 2. The SMILES string of the molecule is COC(=O)COc1cccc(NC(=O)C2CC=CC2)c1. The Morgan fingerprint density at radius 2 is 2.05 bits per heavy atom. The van der Waals surface area contributed by atoms with Crippen molar-refractivity contribution < 1.29 is 19.1 Å². The van der Waals surface area contributed by atoms with E-state index in [1.807, 2.05) is 12.2 Å². The van der Waals surface area contributed by atoms with Crippen LogP contribution in [0.4, 0.5) is 5.69 Å². The van der Waals surface area contributed by atoms with Crippen molar-refractivity contribution in [2.24, 2.45) is 5.92 Å². The second kappa shape index (κ2) is 6.75. The van der Waals surface area contributed by atoms with Gasteiger partial charge in [0.25, 0.3) is 0 Å². The lowest BCUT2D eigenvalue weighted by atomic mass is 10.1. The Bertz CT molecular complexity index is 516. The molecule has 0 aromatic heterocycles. The van der Waals surface area contributed by atoms with Gasteiger partial charge >= 0.3 is 5.97 Å². The largest absolute Gasteiger partial charge is 0.482 e. The van der Waals surface area contributed by atoms with E-state index in [9.17, 15) is 9.59 Å². The van der Waals surface area contributed by atoms with Gasteiger partial charge in [0.2, 0.25) is 5.91 Å². The highest BCUT2D eigenvalue weighted by Gasteiger charge is 2.19. The number of benzene rings is 1. The number of methoxy groups -OCH3 is 1. The maximum absolute atomic E-state index is 12.0. The van der Waals surface area contributed by atoms with Gasteiger partial charge < -0.3 is 14.8 Å². The third kappa shape index (κ3) is 3.85. The van der Waals surface area contributed by atoms with Crippen molar-refractivity contribution in [1.29, 1.82) is 0 Å². The summed E-state index contributed by atoms with van der Waals surface area (Å²) in [4.78, 5) is 23.0. The molecule has 20 heavy (non-hydrogen) atoms. The van der Waals surface area contributed by atoms with Crippen LogP contribution in [0.3, 0.4) is 0 Å². The molecular formula is C15H17NO4. The maximum atomic E-state index is 12.0. The quantitative estimate of drug-likeness (QED) is 0.660. The second-order valence-corrected chi connectivity index (χ2v) is 4.52. The smallest absolute Gasteiger partial charge is 0.343 e. The van der Waals surface area contributed by atoms with E-state index in [0.29, 0.717) is 11.4 Å². The Hall–Kier alpha value is -2.30. The fourth-order valence-electron chi connectivity index (χ4n) is 1.94. The first-order valence-electron chi connectivity index (χ1n) is 6.44. The van der Waals surface area contributed by atoms with Gasteiger partial charge in [0.1, 0.15) is 5.75 Å². The molecule has 1 aliphatic carbocycles. The van der Waals surface area contributed by atoms with Crippen molar-refractivity contribution in [2.75, 3.05) is 19.0 Å². The topological polar surface area (TPSA) is 64.6 Å². The summed E-state index contributed by atoms with van der Waals surface area (Å²) in [7, 11) is 1.30. The number of ether oxygens (including phenoxy) is 2. The van der Waals surface area contributed by atoms with Crippen LogP contribution in [0.1, 0.15) is 12.8 Å². The van der Waals surface area contributed by atoms with Crippen LogP contribution in [0.2, 0.25) is 0 Å². The molecule has 0 aliphatic heterocycles. The number of allylic oxidation sites excluding steroid dienone is 2. The molecule has 1 amide bonds. The van der Waals surface area contributed by atoms with Gasteiger partial charge in [0.15, 0.2) is 6.61 Å². The minimum atomic E-state index is -0.448. The van der Waals surface area contributed by atoms with E-state index >= 15 is 0 Å². The fraction of sp³-hybridized carbons (Fsp3) is 0.333. The first kappa shape index (κ1) is 14.1. The lowest BCUT2D eigenvalue weighted by Gasteiger charge is -2.11. The highest BCUT2D eigenvalue weighted by molar-refractivity contribution is 5.93. The summed E-state index contributed by atoms with van der Waals surface area (Å²) in [6, 6.07) is 6.94. The molecule has 0 bridgehead atoms. The molecule has 0 atom stereocenters. The number of rotatable bonds is 5. The summed E-state index contributed by atoms with van der Waals surface area (Å²) >= 11 is 0. The van der Waals surface area contributed by atoms with Crippen LogP contribution in [-0.4, -0.2) is 25.6 Å². The minimum Gasteiger partial charge on any atom is -0.482 e. The first-order chi connectivity index (χ1) is 9.69. The van der Waals surface area contributed by atoms with Gasteiger partial charge in [-0.15, -0.1) is 0 Å². The minimum absolute atomic E-state index is 0.000109. The third-order valence-electron chi connectivity index (χ3n) is 3.06.